The number of nitrogens with zero attached hydrogens (tertiary/aromatic N) is 1. The van der Waals surface area contributed by atoms with Gasteiger partial charge in [-0.15, -0.1) is 0 Å². The summed E-state index contributed by atoms with van der Waals surface area (Å²) in [6, 6.07) is 11.5. The second-order valence-electron chi connectivity index (χ2n) is 8.52. The lowest BCUT2D eigenvalue weighted by atomic mass is 9.87. The average molecular weight is 311 g/mol. The summed E-state index contributed by atoms with van der Waals surface area (Å²) in [5, 5.41) is 0. The number of aromatic nitrogens is 1. The van der Waals surface area contributed by atoms with Crippen LogP contribution in [-0.2, 0) is 19.9 Å². The number of hydrogen-bond donors (Lipinski definition) is 0. The van der Waals surface area contributed by atoms with E-state index in [1.165, 1.54) is 27.9 Å². The van der Waals surface area contributed by atoms with Crippen molar-refractivity contribution in [2.75, 3.05) is 0 Å². The molecule has 0 unspecified atom stereocenters. The summed E-state index contributed by atoms with van der Waals surface area (Å²) in [6.45, 7) is 13.7. The highest BCUT2D eigenvalue weighted by atomic mass is 14.9. The van der Waals surface area contributed by atoms with E-state index in [4.69, 9.17) is 0 Å². The molecule has 2 rings (SSSR count). The first-order chi connectivity index (χ1) is 10.7. The van der Waals surface area contributed by atoms with Crippen LogP contribution in [0.25, 0.3) is 11.3 Å². The van der Waals surface area contributed by atoms with Gasteiger partial charge in [0.25, 0.3) is 0 Å². The predicted octanol–water partition coefficient (Wildman–Crippen LogP) is 5.27. The number of aryl methyl sites for hydroxylation is 2. The molecule has 1 heteroatoms. The smallest absolute Gasteiger partial charge is 0.201 e. The largest absolute Gasteiger partial charge is 0.212 e. The maximum atomic E-state index is 2.36. The first-order valence-corrected chi connectivity index (χ1v) is 8.74. The van der Waals surface area contributed by atoms with E-state index in [9.17, 15) is 0 Å². The van der Waals surface area contributed by atoms with E-state index >= 15 is 0 Å². The molecule has 0 aliphatic heterocycles. The fourth-order valence-electron chi connectivity index (χ4n) is 3.21. The molecule has 2 aromatic rings. The summed E-state index contributed by atoms with van der Waals surface area (Å²) in [4.78, 5) is 0. The summed E-state index contributed by atoms with van der Waals surface area (Å²) in [5.41, 5.74) is 7.18. The lowest BCUT2D eigenvalue weighted by Gasteiger charge is -2.18. The highest BCUT2D eigenvalue weighted by molar-refractivity contribution is 5.62. The van der Waals surface area contributed by atoms with Crippen LogP contribution < -0.4 is 4.57 Å². The Morgan fingerprint density at radius 1 is 1.00 bits per heavy atom. The standard InChI is InChI=1S/C22H32N/c1-16(2)12-18-8-9-20(17(3)13-18)21-14-19(10-11-23(21)7)15-22(4,5)6/h8-11,13-14,16H,12,15H2,1-7H3/q+1. The van der Waals surface area contributed by atoms with Crippen molar-refractivity contribution < 1.29 is 4.57 Å². The SMILES string of the molecule is Cc1cc(CC(C)C)ccc1-c1cc(CC(C)(C)C)cc[n+]1C. The Balaban J connectivity index is 2.39. The average Bonchev–Trinajstić information content (AvgIpc) is 2.39. The van der Waals surface area contributed by atoms with E-state index in [1.807, 2.05) is 0 Å². The summed E-state index contributed by atoms with van der Waals surface area (Å²) in [6.07, 6.45) is 4.44. The zero-order valence-electron chi connectivity index (χ0n) is 15.9. The minimum absolute atomic E-state index is 0.313. The van der Waals surface area contributed by atoms with Crippen molar-refractivity contribution >= 4 is 0 Å². The molecule has 0 radical (unpaired) electrons. The van der Waals surface area contributed by atoms with Gasteiger partial charge < -0.3 is 0 Å². The second-order valence-corrected chi connectivity index (χ2v) is 8.52. The van der Waals surface area contributed by atoms with Gasteiger partial charge in [-0.3, -0.25) is 0 Å². The van der Waals surface area contributed by atoms with Crippen molar-refractivity contribution in [3.63, 3.8) is 0 Å². The Morgan fingerprint density at radius 2 is 1.70 bits per heavy atom. The van der Waals surface area contributed by atoms with Gasteiger partial charge in [-0.05, 0) is 53.9 Å². The van der Waals surface area contributed by atoms with Gasteiger partial charge in [0.05, 0.1) is 0 Å². The molecule has 0 amide bonds. The van der Waals surface area contributed by atoms with E-state index in [0.717, 1.165) is 12.8 Å². The highest BCUT2D eigenvalue weighted by Crippen LogP contribution is 2.26. The minimum atomic E-state index is 0.313. The van der Waals surface area contributed by atoms with Crippen LogP contribution in [0.3, 0.4) is 0 Å². The van der Waals surface area contributed by atoms with Crippen LogP contribution in [-0.4, -0.2) is 0 Å². The highest BCUT2D eigenvalue weighted by Gasteiger charge is 2.17. The van der Waals surface area contributed by atoms with Crippen LogP contribution in [0, 0.1) is 18.3 Å². The molecule has 1 aromatic carbocycles. The van der Waals surface area contributed by atoms with Crippen molar-refractivity contribution in [3.8, 4) is 11.3 Å². The third-order valence-electron chi connectivity index (χ3n) is 4.16. The minimum Gasteiger partial charge on any atom is -0.201 e. The van der Waals surface area contributed by atoms with Crippen molar-refractivity contribution in [1.82, 2.24) is 0 Å². The Hall–Kier alpha value is -1.63. The third kappa shape index (κ3) is 4.92. The molecule has 124 valence electrons. The Kier molecular flexibility index (Phi) is 5.29. The van der Waals surface area contributed by atoms with Crippen molar-refractivity contribution in [2.45, 2.75) is 54.4 Å². The van der Waals surface area contributed by atoms with Crippen LogP contribution in [0.15, 0.2) is 36.5 Å². The molecule has 23 heavy (non-hydrogen) atoms. The molecule has 0 fully saturated rings. The summed E-state index contributed by atoms with van der Waals surface area (Å²) in [7, 11) is 2.14. The van der Waals surface area contributed by atoms with Crippen molar-refractivity contribution in [3.05, 3.63) is 53.2 Å². The Bertz CT molecular complexity index is 675. The predicted molar refractivity (Wildman–Crippen MR) is 99.5 cm³/mol. The topological polar surface area (TPSA) is 3.88 Å². The van der Waals surface area contributed by atoms with E-state index < -0.39 is 0 Å². The molecule has 0 saturated heterocycles. The summed E-state index contributed by atoms with van der Waals surface area (Å²) in [5.74, 6) is 0.700. The monoisotopic (exact) mass is 310 g/mol. The van der Waals surface area contributed by atoms with E-state index in [0.29, 0.717) is 11.3 Å². The first-order valence-electron chi connectivity index (χ1n) is 8.74. The molecular formula is C22H32N+. The van der Waals surface area contributed by atoms with Crippen LogP contribution in [0.4, 0.5) is 0 Å². The summed E-state index contributed by atoms with van der Waals surface area (Å²) < 4.78 is 2.23. The van der Waals surface area contributed by atoms with Crippen LogP contribution in [0.2, 0.25) is 0 Å². The molecule has 0 aliphatic carbocycles. The molecule has 0 N–H and O–H groups in total. The first kappa shape index (κ1) is 17.7. The fraction of sp³-hybridized carbons (Fsp3) is 0.500. The third-order valence-corrected chi connectivity index (χ3v) is 4.16. The number of pyridine rings is 1. The molecule has 0 aliphatic rings. The number of benzene rings is 1. The van der Waals surface area contributed by atoms with Gasteiger partial charge in [-0.25, -0.2) is 4.57 Å². The maximum absolute atomic E-state index is 2.36. The van der Waals surface area contributed by atoms with Crippen LogP contribution in [0.5, 0.6) is 0 Å². The van der Waals surface area contributed by atoms with Gasteiger partial charge in [-0.2, -0.15) is 0 Å². The molecule has 0 bridgehead atoms. The molecular weight excluding hydrogens is 278 g/mol. The van der Waals surface area contributed by atoms with Gasteiger partial charge in [0.15, 0.2) is 6.20 Å². The van der Waals surface area contributed by atoms with Crippen molar-refractivity contribution in [2.24, 2.45) is 18.4 Å². The van der Waals surface area contributed by atoms with Crippen LogP contribution >= 0.6 is 0 Å². The lowest BCUT2D eigenvalue weighted by molar-refractivity contribution is -0.660. The van der Waals surface area contributed by atoms with Gasteiger partial charge in [-0.1, -0.05) is 46.8 Å². The zero-order valence-corrected chi connectivity index (χ0v) is 15.9. The van der Waals surface area contributed by atoms with Crippen LogP contribution in [0.1, 0.15) is 51.3 Å². The molecule has 0 atom stereocenters. The number of hydrogen-bond acceptors (Lipinski definition) is 0. The Labute approximate surface area is 142 Å². The van der Waals surface area contributed by atoms with E-state index in [-0.39, 0.29) is 0 Å². The van der Waals surface area contributed by atoms with E-state index in [2.05, 4.69) is 89.7 Å². The molecule has 1 heterocycles. The zero-order chi connectivity index (χ0) is 17.2. The molecule has 1 aromatic heterocycles. The van der Waals surface area contributed by atoms with Gasteiger partial charge >= 0.3 is 0 Å². The lowest BCUT2D eigenvalue weighted by Crippen LogP contribution is -2.31. The quantitative estimate of drug-likeness (QED) is 0.677. The maximum Gasteiger partial charge on any atom is 0.212 e. The summed E-state index contributed by atoms with van der Waals surface area (Å²) >= 11 is 0. The Morgan fingerprint density at radius 3 is 2.26 bits per heavy atom. The fourth-order valence-corrected chi connectivity index (χ4v) is 3.21. The van der Waals surface area contributed by atoms with Gasteiger partial charge in [0, 0.05) is 17.7 Å². The van der Waals surface area contributed by atoms with Crippen molar-refractivity contribution in [1.29, 1.82) is 0 Å². The van der Waals surface area contributed by atoms with Gasteiger partial charge in [0.2, 0.25) is 5.69 Å². The molecule has 0 spiro atoms. The molecule has 0 saturated carbocycles. The van der Waals surface area contributed by atoms with Gasteiger partial charge in [0.1, 0.15) is 7.05 Å². The normalized spacial score (nSPS) is 12.0. The van der Waals surface area contributed by atoms with E-state index in [1.54, 1.807) is 0 Å². The number of rotatable bonds is 4. The second kappa shape index (κ2) is 6.86. The molecule has 1 nitrogen and oxygen atoms in total.